The van der Waals surface area contributed by atoms with Crippen LogP contribution in [0.4, 0.5) is 0 Å². The normalized spacial score (nSPS) is 11.1. The summed E-state index contributed by atoms with van der Waals surface area (Å²) in [6.07, 6.45) is 1.60. The van der Waals surface area contributed by atoms with Crippen molar-refractivity contribution in [1.82, 2.24) is 5.43 Å². The van der Waals surface area contributed by atoms with Crippen molar-refractivity contribution >= 4 is 78.7 Å². The maximum Gasteiger partial charge on any atom is 0.271 e. The maximum absolute atomic E-state index is 12.2. The summed E-state index contributed by atoms with van der Waals surface area (Å²) in [7, 11) is 0. The van der Waals surface area contributed by atoms with Crippen LogP contribution in [-0.2, 0) is 0 Å². The van der Waals surface area contributed by atoms with Gasteiger partial charge in [0.2, 0.25) is 0 Å². The molecule has 0 bridgehead atoms. The minimum Gasteiger partial charge on any atom is -0.506 e. The first kappa shape index (κ1) is 20.4. The average Bonchev–Trinajstić information content (AvgIpc) is 3.08. The number of nitrogens with zero attached hydrogens (tertiary/aromatic N) is 1. The number of nitrogens with one attached hydrogen (secondary N) is 1. The van der Waals surface area contributed by atoms with Crippen LogP contribution in [0.5, 0.6) is 5.75 Å². The quantitative estimate of drug-likeness (QED) is 0.282. The predicted molar refractivity (Wildman–Crippen MR) is 118 cm³/mol. The summed E-state index contributed by atoms with van der Waals surface area (Å²) in [5, 5.41) is 14.4. The number of thiophene rings is 1. The molecule has 27 heavy (non-hydrogen) atoms. The van der Waals surface area contributed by atoms with E-state index in [0.717, 1.165) is 14.0 Å². The highest BCUT2D eigenvalue weighted by Crippen LogP contribution is 2.34. The van der Waals surface area contributed by atoms with Crippen molar-refractivity contribution in [2.24, 2.45) is 5.10 Å². The van der Waals surface area contributed by atoms with Gasteiger partial charge in [-0.25, -0.2) is 5.43 Å². The number of carbonyl (C=O) groups excluding carboxylic acids is 1. The lowest BCUT2D eigenvalue weighted by atomic mass is 10.2. The number of hydrazone groups is 1. The number of halogens is 3. The lowest BCUT2D eigenvalue weighted by molar-refractivity contribution is 0.0955. The summed E-state index contributed by atoms with van der Waals surface area (Å²) in [6.45, 7) is 0. The standard InChI is InChI=1S/C18H11Br2ClN2O2S2/c19-14-7-10(8-15(20)17(14)24)18(25)23-22-9-13-5-6-16(27-13)26-12-3-1-11(21)2-4-12/h1-9,24H,(H,23,25)/b22-9-. The van der Waals surface area contributed by atoms with E-state index in [1.165, 1.54) is 12.1 Å². The number of phenolic OH excluding ortho intramolecular Hbond substituents is 1. The van der Waals surface area contributed by atoms with Gasteiger partial charge >= 0.3 is 0 Å². The van der Waals surface area contributed by atoms with Crippen molar-refractivity contribution in [2.75, 3.05) is 0 Å². The molecule has 0 radical (unpaired) electrons. The van der Waals surface area contributed by atoms with Crippen LogP contribution in [0.3, 0.4) is 0 Å². The topological polar surface area (TPSA) is 61.7 Å². The van der Waals surface area contributed by atoms with Crippen molar-refractivity contribution < 1.29 is 9.90 Å². The highest BCUT2D eigenvalue weighted by molar-refractivity contribution is 9.11. The van der Waals surface area contributed by atoms with Crippen molar-refractivity contribution in [3.8, 4) is 5.75 Å². The lowest BCUT2D eigenvalue weighted by Gasteiger charge is -2.04. The second kappa shape index (κ2) is 9.25. The number of hydrogen-bond acceptors (Lipinski definition) is 5. The number of benzene rings is 2. The molecule has 0 saturated carbocycles. The summed E-state index contributed by atoms with van der Waals surface area (Å²) < 4.78 is 1.96. The Morgan fingerprint density at radius 1 is 1.15 bits per heavy atom. The van der Waals surface area contributed by atoms with Crippen molar-refractivity contribution in [3.05, 3.63) is 72.9 Å². The molecule has 9 heteroatoms. The van der Waals surface area contributed by atoms with Crippen LogP contribution in [-0.4, -0.2) is 17.2 Å². The van der Waals surface area contributed by atoms with E-state index in [-0.39, 0.29) is 11.7 Å². The fourth-order valence-corrected chi connectivity index (χ4v) is 5.30. The van der Waals surface area contributed by atoms with Gasteiger partial charge < -0.3 is 5.11 Å². The summed E-state index contributed by atoms with van der Waals surface area (Å²) in [5.41, 5.74) is 2.85. The highest BCUT2D eigenvalue weighted by Gasteiger charge is 2.11. The third-order valence-electron chi connectivity index (χ3n) is 3.27. The number of phenols is 1. The van der Waals surface area contributed by atoms with E-state index in [4.69, 9.17) is 11.6 Å². The molecule has 0 atom stereocenters. The minimum atomic E-state index is -0.375. The summed E-state index contributed by atoms with van der Waals surface area (Å²) in [6, 6.07) is 14.6. The van der Waals surface area contributed by atoms with Crippen LogP contribution in [0.1, 0.15) is 15.2 Å². The molecule has 0 aliphatic rings. The summed E-state index contributed by atoms with van der Waals surface area (Å²) in [5.74, 6) is -0.334. The Morgan fingerprint density at radius 2 is 1.81 bits per heavy atom. The SMILES string of the molecule is O=C(N/N=C\c1ccc(Sc2ccc(Cl)cc2)s1)c1cc(Br)c(O)c(Br)c1. The lowest BCUT2D eigenvalue weighted by Crippen LogP contribution is -2.17. The Morgan fingerprint density at radius 3 is 2.48 bits per heavy atom. The van der Waals surface area contributed by atoms with Gasteiger partial charge in [-0.1, -0.05) is 23.4 Å². The predicted octanol–water partition coefficient (Wildman–Crippen LogP) is 6.55. The zero-order chi connectivity index (χ0) is 19.4. The Hall–Kier alpha value is -1.32. The van der Waals surface area contributed by atoms with Gasteiger partial charge in [0.25, 0.3) is 5.91 Å². The molecule has 1 amide bonds. The fourth-order valence-electron chi connectivity index (χ4n) is 1.99. The van der Waals surface area contributed by atoms with Gasteiger partial charge in [-0.3, -0.25) is 4.79 Å². The van der Waals surface area contributed by atoms with Crippen molar-refractivity contribution in [3.63, 3.8) is 0 Å². The van der Waals surface area contributed by atoms with Crippen LogP contribution < -0.4 is 5.43 Å². The van der Waals surface area contributed by atoms with E-state index in [9.17, 15) is 9.90 Å². The van der Waals surface area contributed by atoms with E-state index in [2.05, 4.69) is 42.4 Å². The molecule has 0 aliphatic heterocycles. The molecule has 2 aromatic carbocycles. The van der Waals surface area contributed by atoms with Gasteiger partial charge in [0.05, 0.1) is 19.4 Å². The number of aromatic hydroxyl groups is 1. The fraction of sp³-hybridized carbons (Fsp3) is 0. The highest BCUT2D eigenvalue weighted by atomic mass is 79.9. The molecule has 0 fully saturated rings. The van der Waals surface area contributed by atoms with Gasteiger partial charge in [0, 0.05) is 20.4 Å². The largest absolute Gasteiger partial charge is 0.506 e. The summed E-state index contributed by atoms with van der Waals surface area (Å²) >= 11 is 15.5. The molecule has 1 heterocycles. The molecule has 3 aromatic rings. The maximum atomic E-state index is 12.2. The first-order valence-corrected chi connectivity index (χ1v) is 11.1. The van der Waals surface area contributed by atoms with Gasteiger partial charge in [0.15, 0.2) is 0 Å². The Labute approximate surface area is 185 Å². The number of hydrogen-bond donors (Lipinski definition) is 2. The number of rotatable bonds is 5. The van der Waals surface area contributed by atoms with Gasteiger partial charge in [0.1, 0.15) is 5.75 Å². The van der Waals surface area contributed by atoms with Crippen molar-refractivity contribution in [2.45, 2.75) is 9.10 Å². The van der Waals surface area contributed by atoms with E-state index in [1.807, 2.05) is 36.4 Å². The number of amides is 1. The number of carbonyl (C=O) groups is 1. The monoisotopic (exact) mass is 544 g/mol. The van der Waals surface area contributed by atoms with E-state index in [1.54, 1.807) is 29.3 Å². The Bertz CT molecular complexity index is 984. The molecule has 4 nitrogen and oxygen atoms in total. The zero-order valence-corrected chi connectivity index (χ0v) is 19.0. The van der Waals surface area contributed by atoms with Gasteiger partial charge in [-0.15, -0.1) is 11.3 Å². The van der Waals surface area contributed by atoms with Crippen molar-refractivity contribution in [1.29, 1.82) is 0 Å². The molecule has 0 unspecified atom stereocenters. The van der Waals surface area contributed by atoms with E-state index < -0.39 is 0 Å². The zero-order valence-electron chi connectivity index (χ0n) is 13.4. The molecule has 3 rings (SSSR count). The first-order chi connectivity index (χ1) is 12.9. The average molecular weight is 547 g/mol. The second-order valence-electron chi connectivity index (χ2n) is 5.20. The van der Waals surface area contributed by atoms with Crippen LogP contribution >= 0.6 is 66.6 Å². The minimum absolute atomic E-state index is 0.0411. The van der Waals surface area contributed by atoms with Crippen LogP contribution in [0, 0.1) is 0 Å². The molecular formula is C18H11Br2ClN2O2S2. The first-order valence-electron chi connectivity index (χ1n) is 7.47. The molecule has 0 aliphatic carbocycles. The molecule has 0 saturated heterocycles. The third-order valence-corrected chi connectivity index (χ3v) is 6.89. The van der Waals surface area contributed by atoms with E-state index in [0.29, 0.717) is 19.5 Å². The van der Waals surface area contributed by atoms with Crippen LogP contribution in [0.25, 0.3) is 0 Å². The third kappa shape index (κ3) is 5.58. The molecule has 1 aromatic heterocycles. The second-order valence-corrected chi connectivity index (χ2v) is 9.83. The Kier molecular flexibility index (Phi) is 6.99. The molecule has 0 spiro atoms. The smallest absolute Gasteiger partial charge is 0.271 e. The van der Waals surface area contributed by atoms with E-state index >= 15 is 0 Å². The molecular weight excluding hydrogens is 536 g/mol. The van der Waals surface area contributed by atoms with Gasteiger partial charge in [-0.05, 0) is 80.4 Å². The van der Waals surface area contributed by atoms with Crippen LogP contribution in [0.15, 0.2) is 71.7 Å². The molecule has 138 valence electrons. The van der Waals surface area contributed by atoms with Crippen LogP contribution in [0.2, 0.25) is 5.02 Å². The summed E-state index contributed by atoms with van der Waals surface area (Å²) in [4.78, 5) is 14.2. The molecule has 2 N–H and O–H groups in total. The van der Waals surface area contributed by atoms with Gasteiger partial charge in [-0.2, -0.15) is 5.10 Å². The Balaban J connectivity index is 1.61.